The van der Waals surface area contributed by atoms with Crippen LogP contribution in [0.25, 0.3) is 0 Å². The van der Waals surface area contributed by atoms with Gasteiger partial charge in [0.25, 0.3) is 5.91 Å². The second kappa shape index (κ2) is 10.8. The highest BCUT2D eigenvalue weighted by molar-refractivity contribution is 7.89. The van der Waals surface area contributed by atoms with Gasteiger partial charge in [0.15, 0.2) is 6.61 Å². The van der Waals surface area contributed by atoms with Crippen molar-refractivity contribution >= 4 is 15.9 Å². The zero-order chi connectivity index (χ0) is 22.3. The smallest absolute Gasteiger partial charge is 0.257 e. The Bertz CT molecular complexity index is 979. The average molecular weight is 445 g/mol. The van der Waals surface area contributed by atoms with E-state index in [0.717, 1.165) is 42.4 Å². The first kappa shape index (κ1) is 23.3. The summed E-state index contributed by atoms with van der Waals surface area (Å²) in [6.07, 6.45) is 4.65. The first-order chi connectivity index (χ1) is 14.9. The number of hydrogen-bond acceptors (Lipinski definition) is 4. The molecule has 1 aliphatic heterocycles. The van der Waals surface area contributed by atoms with Crippen molar-refractivity contribution in [3.05, 3.63) is 59.2 Å². The van der Waals surface area contributed by atoms with Crippen molar-refractivity contribution in [1.82, 2.24) is 9.62 Å². The van der Waals surface area contributed by atoms with Gasteiger partial charge in [0.1, 0.15) is 5.75 Å². The van der Waals surface area contributed by atoms with Crippen molar-refractivity contribution in [3.63, 3.8) is 0 Å². The van der Waals surface area contributed by atoms with Crippen LogP contribution < -0.4 is 10.1 Å². The topological polar surface area (TPSA) is 75.7 Å². The summed E-state index contributed by atoms with van der Waals surface area (Å²) in [6, 6.07) is 12.8. The van der Waals surface area contributed by atoms with Gasteiger partial charge in [-0.05, 0) is 62.4 Å². The minimum absolute atomic E-state index is 0.0308. The number of nitrogens with one attached hydrogen (secondary N) is 1. The predicted octanol–water partition coefficient (Wildman–Crippen LogP) is 3.61. The van der Waals surface area contributed by atoms with Gasteiger partial charge in [-0.15, -0.1) is 0 Å². The summed E-state index contributed by atoms with van der Waals surface area (Å²) < 4.78 is 32.9. The van der Waals surface area contributed by atoms with Gasteiger partial charge in [0.2, 0.25) is 10.0 Å². The first-order valence-corrected chi connectivity index (χ1v) is 12.4. The fourth-order valence-electron chi connectivity index (χ4n) is 3.76. The van der Waals surface area contributed by atoms with Crippen LogP contribution >= 0.6 is 0 Å². The zero-order valence-corrected chi connectivity index (χ0v) is 19.2. The third-order valence-electron chi connectivity index (χ3n) is 5.55. The van der Waals surface area contributed by atoms with Crippen LogP contribution in [0.3, 0.4) is 0 Å². The molecule has 0 bridgehead atoms. The Hall–Kier alpha value is -2.38. The molecule has 0 atom stereocenters. The molecule has 3 rings (SSSR count). The number of hydrogen-bond donors (Lipinski definition) is 1. The number of benzene rings is 2. The zero-order valence-electron chi connectivity index (χ0n) is 18.4. The van der Waals surface area contributed by atoms with Gasteiger partial charge in [-0.3, -0.25) is 4.79 Å². The van der Waals surface area contributed by atoms with Crippen LogP contribution in [0, 0.1) is 13.8 Å². The van der Waals surface area contributed by atoms with Gasteiger partial charge in [0.05, 0.1) is 4.90 Å². The molecule has 0 spiro atoms. The molecule has 1 saturated heterocycles. The van der Waals surface area contributed by atoms with Crippen LogP contribution in [0.2, 0.25) is 0 Å². The van der Waals surface area contributed by atoms with Gasteiger partial charge in [-0.1, -0.05) is 42.7 Å². The van der Waals surface area contributed by atoms with E-state index in [1.807, 2.05) is 44.2 Å². The number of sulfonamides is 1. The van der Waals surface area contributed by atoms with Crippen LogP contribution in [-0.4, -0.2) is 44.9 Å². The molecule has 1 N–H and O–H groups in total. The lowest BCUT2D eigenvalue weighted by molar-refractivity contribution is -0.123. The first-order valence-electron chi connectivity index (χ1n) is 10.9. The molecule has 0 aliphatic carbocycles. The van der Waals surface area contributed by atoms with E-state index in [9.17, 15) is 13.2 Å². The molecule has 31 heavy (non-hydrogen) atoms. The monoisotopic (exact) mass is 444 g/mol. The van der Waals surface area contributed by atoms with E-state index in [0.29, 0.717) is 36.7 Å². The number of nitrogens with zero attached hydrogens (tertiary/aromatic N) is 1. The Balaban J connectivity index is 1.46. The Morgan fingerprint density at radius 1 is 1.00 bits per heavy atom. The van der Waals surface area contributed by atoms with Crippen molar-refractivity contribution in [3.8, 4) is 5.75 Å². The molecule has 0 saturated carbocycles. The summed E-state index contributed by atoms with van der Waals surface area (Å²) in [7, 11) is -3.43. The fraction of sp³-hybridized carbons (Fsp3) is 0.458. The van der Waals surface area contributed by atoms with Gasteiger partial charge in [0, 0.05) is 19.6 Å². The highest BCUT2D eigenvalue weighted by Gasteiger charge is 2.24. The number of carbonyl (C=O) groups excluding carboxylic acids is 1. The second-order valence-electron chi connectivity index (χ2n) is 8.12. The summed E-state index contributed by atoms with van der Waals surface area (Å²) in [4.78, 5) is 12.4. The van der Waals surface area contributed by atoms with E-state index in [-0.39, 0.29) is 12.5 Å². The van der Waals surface area contributed by atoms with Gasteiger partial charge in [-0.2, -0.15) is 4.31 Å². The second-order valence-corrected chi connectivity index (χ2v) is 10.1. The molecule has 6 nitrogen and oxygen atoms in total. The van der Waals surface area contributed by atoms with Crippen molar-refractivity contribution < 1.29 is 17.9 Å². The van der Waals surface area contributed by atoms with Crippen molar-refractivity contribution in [1.29, 1.82) is 0 Å². The van der Waals surface area contributed by atoms with Crippen LogP contribution in [0.15, 0.2) is 47.4 Å². The molecular formula is C24H32N2O4S. The Labute approximate surface area is 185 Å². The molecule has 2 aromatic carbocycles. The minimum Gasteiger partial charge on any atom is -0.484 e. The van der Waals surface area contributed by atoms with Gasteiger partial charge >= 0.3 is 0 Å². The lowest BCUT2D eigenvalue weighted by Gasteiger charge is -2.20. The highest BCUT2D eigenvalue weighted by Crippen LogP contribution is 2.21. The molecule has 1 heterocycles. The maximum Gasteiger partial charge on any atom is 0.257 e. The molecular weight excluding hydrogens is 412 g/mol. The summed E-state index contributed by atoms with van der Waals surface area (Å²) >= 11 is 0. The normalized spacial score (nSPS) is 15.3. The number of aryl methyl sites for hydroxylation is 2. The standard InChI is InChI=1S/C24H32N2O4S/c1-19-7-12-23(20(2)17-19)30-18-24(27)25-14-13-21-8-10-22(11-9-21)31(28,29)26-15-5-3-4-6-16-26/h7-12,17H,3-6,13-16,18H2,1-2H3,(H,25,27). The molecule has 0 radical (unpaired) electrons. The number of amides is 1. The van der Waals surface area contributed by atoms with Crippen molar-refractivity contribution in [2.75, 3.05) is 26.2 Å². The van der Waals surface area contributed by atoms with Crippen LogP contribution in [0.1, 0.15) is 42.4 Å². The largest absolute Gasteiger partial charge is 0.484 e. The molecule has 0 unspecified atom stereocenters. The van der Waals surface area contributed by atoms with E-state index < -0.39 is 10.0 Å². The molecule has 2 aromatic rings. The van der Waals surface area contributed by atoms with Crippen LogP contribution in [0.5, 0.6) is 5.75 Å². The highest BCUT2D eigenvalue weighted by atomic mass is 32.2. The van der Waals surface area contributed by atoms with E-state index in [4.69, 9.17) is 4.74 Å². The van der Waals surface area contributed by atoms with E-state index in [1.165, 1.54) is 0 Å². The molecule has 1 fully saturated rings. The Kier molecular flexibility index (Phi) is 8.09. The molecule has 0 aromatic heterocycles. The SMILES string of the molecule is Cc1ccc(OCC(=O)NCCc2ccc(S(=O)(=O)N3CCCCCC3)cc2)c(C)c1. The Morgan fingerprint density at radius 3 is 2.32 bits per heavy atom. The number of rotatable bonds is 8. The molecule has 168 valence electrons. The summed E-state index contributed by atoms with van der Waals surface area (Å²) in [5.41, 5.74) is 3.13. The van der Waals surface area contributed by atoms with Crippen LogP contribution in [-0.2, 0) is 21.2 Å². The number of carbonyl (C=O) groups is 1. The van der Waals surface area contributed by atoms with Crippen LogP contribution in [0.4, 0.5) is 0 Å². The number of ether oxygens (including phenoxy) is 1. The molecule has 1 amide bonds. The maximum atomic E-state index is 12.8. The third kappa shape index (κ3) is 6.55. The summed E-state index contributed by atoms with van der Waals surface area (Å²) in [6.45, 7) is 5.60. The quantitative estimate of drug-likeness (QED) is 0.675. The van der Waals surface area contributed by atoms with E-state index in [1.54, 1.807) is 16.4 Å². The van der Waals surface area contributed by atoms with Gasteiger partial charge < -0.3 is 10.1 Å². The average Bonchev–Trinajstić information content (AvgIpc) is 3.04. The van der Waals surface area contributed by atoms with E-state index >= 15 is 0 Å². The van der Waals surface area contributed by atoms with Crippen molar-refractivity contribution in [2.45, 2.75) is 50.8 Å². The van der Waals surface area contributed by atoms with E-state index in [2.05, 4.69) is 5.32 Å². The van der Waals surface area contributed by atoms with Gasteiger partial charge in [-0.25, -0.2) is 8.42 Å². The fourth-order valence-corrected chi connectivity index (χ4v) is 5.28. The molecule has 7 heteroatoms. The summed E-state index contributed by atoms with van der Waals surface area (Å²) in [5.74, 6) is 0.530. The minimum atomic E-state index is -3.43. The Morgan fingerprint density at radius 2 is 1.68 bits per heavy atom. The third-order valence-corrected chi connectivity index (χ3v) is 7.46. The lowest BCUT2D eigenvalue weighted by Crippen LogP contribution is -2.32. The summed E-state index contributed by atoms with van der Waals surface area (Å²) in [5, 5.41) is 2.85. The lowest BCUT2D eigenvalue weighted by atomic mass is 10.1. The maximum absolute atomic E-state index is 12.8. The van der Waals surface area contributed by atoms with Crippen molar-refractivity contribution in [2.24, 2.45) is 0 Å². The molecule has 1 aliphatic rings. The predicted molar refractivity (Wildman–Crippen MR) is 122 cm³/mol.